The van der Waals surface area contributed by atoms with Crippen molar-refractivity contribution in [2.75, 3.05) is 18.4 Å². The fraction of sp³-hybridized carbons (Fsp3) is 0.381. The molecule has 2 aromatic carbocycles. The van der Waals surface area contributed by atoms with E-state index in [-0.39, 0.29) is 11.8 Å². The average Bonchev–Trinajstić information content (AvgIpc) is 2.62. The zero-order valence-corrected chi connectivity index (χ0v) is 18.7. The van der Waals surface area contributed by atoms with E-state index < -0.39 is 10.0 Å². The number of benzene rings is 2. The van der Waals surface area contributed by atoms with Gasteiger partial charge in [-0.05, 0) is 72.8 Å². The van der Waals surface area contributed by atoms with Gasteiger partial charge in [-0.25, -0.2) is 8.42 Å². The van der Waals surface area contributed by atoms with E-state index in [0.29, 0.717) is 30.8 Å². The zero-order valence-electron chi connectivity index (χ0n) is 16.3. The molecule has 0 radical (unpaired) electrons. The van der Waals surface area contributed by atoms with Crippen LogP contribution in [-0.2, 0) is 14.8 Å². The number of hydrogen-bond acceptors (Lipinski definition) is 3. The molecule has 0 spiro atoms. The first-order chi connectivity index (χ1) is 13.2. The Balaban J connectivity index is 1.70. The zero-order chi connectivity index (χ0) is 20.5. The molecule has 1 aliphatic rings. The van der Waals surface area contributed by atoms with Crippen LogP contribution in [-0.4, -0.2) is 31.7 Å². The third-order valence-electron chi connectivity index (χ3n) is 5.16. The quantitative estimate of drug-likeness (QED) is 0.728. The molecule has 0 aliphatic carbocycles. The molecule has 3 rings (SSSR count). The molecule has 0 unspecified atom stereocenters. The summed E-state index contributed by atoms with van der Waals surface area (Å²) in [6.45, 7) is 6.34. The van der Waals surface area contributed by atoms with Gasteiger partial charge in [-0.15, -0.1) is 0 Å². The molecule has 0 aromatic heterocycles. The number of anilines is 1. The maximum absolute atomic E-state index is 13.2. The van der Waals surface area contributed by atoms with Gasteiger partial charge in [-0.3, -0.25) is 4.79 Å². The summed E-state index contributed by atoms with van der Waals surface area (Å²) in [5.74, 6) is -0.259. The number of aryl methyl sites for hydroxylation is 3. The van der Waals surface area contributed by atoms with Gasteiger partial charge >= 0.3 is 0 Å². The Kier molecular flexibility index (Phi) is 6.27. The second-order valence-corrected chi connectivity index (χ2v) is 10.1. The van der Waals surface area contributed by atoms with Crippen molar-refractivity contribution in [2.45, 2.75) is 38.5 Å². The van der Waals surface area contributed by atoms with Crippen LogP contribution in [0.4, 0.5) is 5.69 Å². The highest BCUT2D eigenvalue weighted by Crippen LogP contribution is 2.30. The lowest BCUT2D eigenvalue weighted by atomic mass is 9.97. The number of carbonyl (C=O) groups excluding carboxylic acids is 1. The van der Waals surface area contributed by atoms with Gasteiger partial charge in [0.2, 0.25) is 15.9 Å². The van der Waals surface area contributed by atoms with Crippen molar-refractivity contribution in [3.8, 4) is 0 Å². The summed E-state index contributed by atoms with van der Waals surface area (Å²) in [6.07, 6.45) is 1.03. The van der Waals surface area contributed by atoms with Gasteiger partial charge in [-0.1, -0.05) is 29.8 Å². The van der Waals surface area contributed by atoms with E-state index in [4.69, 9.17) is 0 Å². The molecule has 28 heavy (non-hydrogen) atoms. The van der Waals surface area contributed by atoms with Crippen molar-refractivity contribution in [1.82, 2.24) is 4.31 Å². The van der Waals surface area contributed by atoms with E-state index in [1.807, 2.05) is 57.2 Å². The molecule has 1 aliphatic heterocycles. The highest BCUT2D eigenvalue weighted by molar-refractivity contribution is 9.10. The largest absolute Gasteiger partial charge is 0.325 e. The second kappa shape index (κ2) is 8.35. The molecule has 2 aromatic rings. The summed E-state index contributed by atoms with van der Waals surface area (Å²) in [7, 11) is -3.56. The van der Waals surface area contributed by atoms with Crippen LogP contribution in [0.2, 0.25) is 0 Å². The fourth-order valence-electron chi connectivity index (χ4n) is 3.86. The third-order valence-corrected chi connectivity index (χ3v) is 8.06. The van der Waals surface area contributed by atoms with Crippen LogP contribution in [0, 0.1) is 26.7 Å². The van der Waals surface area contributed by atoms with Crippen LogP contribution in [0.5, 0.6) is 0 Å². The summed E-state index contributed by atoms with van der Waals surface area (Å²) in [5.41, 5.74) is 3.32. The number of para-hydroxylation sites is 1. The standard InChI is InChI=1S/C21H25BrN2O3S/c1-14-12-15(2)20(16(3)13-14)28(26,27)24-10-8-17(9-11-24)21(25)23-19-7-5-4-6-18(19)22/h4-7,12-13,17H,8-11H2,1-3H3,(H,23,25). The number of halogens is 1. The lowest BCUT2D eigenvalue weighted by Crippen LogP contribution is -2.41. The Morgan fingerprint density at radius 2 is 1.64 bits per heavy atom. The van der Waals surface area contributed by atoms with Crippen LogP contribution in [0.15, 0.2) is 45.8 Å². The van der Waals surface area contributed by atoms with Crippen molar-refractivity contribution in [1.29, 1.82) is 0 Å². The molecular formula is C21H25BrN2O3S. The van der Waals surface area contributed by atoms with Gasteiger partial charge in [0.05, 0.1) is 10.6 Å². The van der Waals surface area contributed by atoms with Crippen molar-refractivity contribution in [3.05, 3.63) is 57.6 Å². The highest BCUT2D eigenvalue weighted by Gasteiger charge is 2.33. The van der Waals surface area contributed by atoms with Crippen molar-refractivity contribution < 1.29 is 13.2 Å². The normalized spacial score (nSPS) is 16.1. The molecule has 5 nitrogen and oxygen atoms in total. The highest BCUT2D eigenvalue weighted by atomic mass is 79.9. The number of amides is 1. The number of hydrogen-bond donors (Lipinski definition) is 1. The van der Waals surface area contributed by atoms with Crippen molar-refractivity contribution >= 4 is 37.5 Å². The third kappa shape index (κ3) is 4.31. The topological polar surface area (TPSA) is 66.5 Å². The minimum Gasteiger partial charge on any atom is -0.325 e. The van der Waals surface area contributed by atoms with E-state index >= 15 is 0 Å². The summed E-state index contributed by atoms with van der Waals surface area (Å²) < 4.78 is 28.7. The molecule has 1 N–H and O–H groups in total. The molecule has 0 bridgehead atoms. The van der Waals surface area contributed by atoms with E-state index in [9.17, 15) is 13.2 Å². The monoisotopic (exact) mass is 464 g/mol. The van der Waals surface area contributed by atoms with Crippen molar-refractivity contribution in [3.63, 3.8) is 0 Å². The lowest BCUT2D eigenvalue weighted by Gasteiger charge is -2.31. The minimum atomic E-state index is -3.56. The first kappa shape index (κ1) is 21.0. The van der Waals surface area contributed by atoms with E-state index in [1.54, 1.807) is 0 Å². The molecule has 0 atom stereocenters. The van der Waals surface area contributed by atoms with Crippen LogP contribution < -0.4 is 5.32 Å². The first-order valence-corrected chi connectivity index (χ1v) is 11.6. The predicted octanol–water partition coefficient (Wildman–Crippen LogP) is 4.41. The Morgan fingerprint density at radius 1 is 1.07 bits per heavy atom. The summed E-state index contributed by atoms with van der Waals surface area (Å²) in [6, 6.07) is 11.3. The number of rotatable bonds is 4. The van der Waals surface area contributed by atoms with E-state index in [0.717, 1.165) is 26.9 Å². The SMILES string of the molecule is Cc1cc(C)c(S(=O)(=O)N2CCC(C(=O)Nc3ccccc3Br)CC2)c(C)c1. The summed E-state index contributed by atoms with van der Waals surface area (Å²) in [5, 5.41) is 2.94. The Bertz CT molecular complexity index is 973. The molecule has 150 valence electrons. The summed E-state index contributed by atoms with van der Waals surface area (Å²) >= 11 is 3.43. The second-order valence-electron chi connectivity index (χ2n) is 7.38. The van der Waals surface area contributed by atoms with Crippen LogP contribution in [0.3, 0.4) is 0 Å². The van der Waals surface area contributed by atoms with Gasteiger partial charge in [0.15, 0.2) is 0 Å². The van der Waals surface area contributed by atoms with Gasteiger partial charge in [0.25, 0.3) is 0 Å². The molecule has 1 amide bonds. The van der Waals surface area contributed by atoms with Gasteiger partial charge in [0.1, 0.15) is 0 Å². The van der Waals surface area contributed by atoms with Crippen molar-refractivity contribution in [2.24, 2.45) is 5.92 Å². The maximum atomic E-state index is 13.2. The average molecular weight is 465 g/mol. The molecular weight excluding hydrogens is 440 g/mol. The molecule has 1 heterocycles. The number of carbonyl (C=O) groups is 1. The molecule has 1 fully saturated rings. The van der Waals surface area contributed by atoms with E-state index in [2.05, 4.69) is 21.2 Å². The molecule has 7 heteroatoms. The van der Waals surface area contributed by atoms with E-state index in [1.165, 1.54) is 4.31 Å². The Hall–Kier alpha value is -1.70. The predicted molar refractivity (Wildman–Crippen MR) is 115 cm³/mol. The van der Waals surface area contributed by atoms with Crippen LogP contribution >= 0.6 is 15.9 Å². The Labute approximate surface area is 175 Å². The van der Waals surface area contributed by atoms with Crippen LogP contribution in [0.25, 0.3) is 0 Å². The molecule has 0 saturated carbocycles. The maximum Gasteiger partial charge on any atom is 0.243 e. The number of sulfonamides is 1. The van der Waals surface area contributed by atoms with Crippen LogP contribution in [0.1, 0.15) is 29.5 Å². The smallest absolute Gasteiger partial charge is 0.243 e. The number of piperidine rings is 1. The summed E-state index contributed by atoms with van der Waals surface area (Å²) in [4.78, 5) is 13.0. The minimum absolute atomic E-state index is 0.0633. The molecule has 1 saturated heterocycles. The first-order valence-electron chi connectivity index (χ1n) is 9.33. The fourth-order valence-corrected chi connectivity index (χ4v) is 6.12. The van der Waals surface area contributed by atoms with Gasteiger partial charge < -0.3 is 5.32 Å². The van der Waals surface area contributed by atoms with Gasteiger partial charge in [0, 0.05) is 23.5 Å². The number of nitrogens with zero attached hydrogens (tertiary/aromatic N) is 1. The Morgan fingerprint density at radius 3 is 2.21 bits per heavy atom. The lowest BCUT2D eigenvalue weighted by molar-refractivity contribution is -0.120. The van der Waals surface area contributed by atoms with Gasteiger partial charge in [-0.2, -0.15) is 4.31 Å². The number of nitrogens with one attached hydrogen (secondary N) is 1.